The van der Waals surface area contributed by atoms with Gasteiger partial charge in [-0.1, -0.05) is 0 Å². The summed E-state index contributed by atoms with van der Waals surface area (Å²) in [7, 11) is 0. The summed E-state index contributed by atoms with van der Waals surface area (Å²) >= 11 is 5.58. The summed E-state index contributed by atoms with van der Waals surface area (Å²) in [5.74, 6) is 0.0471. The molecule has 0 radical (unpaired) electrons. The Labute approximate surface area is 112 Å². The molecule has 0 saturated heterocycles. The normalized spacial score (nSPS) is 10.4. The van der Waals surface area contributed by atoms with Gasteiger partial charge in [-0.05, 0) is 32.8 Å². The van der Waals surface area contributed by atoms with E-state index in [9.17, 15) is 9.59 Å². The summed E-state index contributed by atoms with van der Waals surface area (Å²) in [5.41, 5.74) is 2.31. The van der Waals surface area contributed by atoms with Crippen molar-refractivity contribution in [3.05, 3.63) is 22.5 Å². The molecule has 0 amide bonds. The number of aromatic amines is 1. The van der Waals surface area contributed by atoms with Gasteiger partial charge in [-0.25, -0.2) is 4.79 Å². The van der Waals surface area contributed by atoms with E-state index in [-0.39, 0.29) is 5.78 Å². The maximum atomic E-state index is 12.0. The molecule has 0 aromatic carbocycles. The van der Waals surface area contributed by atoms with Crippen molar-refractivity contribution >= 4 is 23.4 Å². The standard InChI is InChI=1S/C13H18ClNO3/c1-4-18-13(17)12-8(2)11(9(3)15-12)10(16)6-5-7-14/h15H,4-7H2,1-3H3. The molecule has 0 aliphatic rings. The minimum absolute atomic E-state index is 0.0115. The zero-order valence-electron chi connectivity index (χ0n) is 10.9. The van der Waals surface area contributed by atoms with E-state index in [2.05, 4.69) is 4.98 Å². The Morgan fingerprint density at radius 3 is 2.56 bits per heavy atom. The van der Waals surface area contributed by atoms with Crippen molar-refractivity contribution in [3.63, 3.8) is 0 Å². The molecule has 0 fully saturated rings. The quantitative estimate of drug-likeness (QED) is 0.491. The molecule has 0 spiro atoms. The second-order valence-corrected chi connectivity index (χ2v) is 4.44. The first-order valence-electron chi connectivity index (χ1n) is 5.98. The first-order chi connectivity index (χ1) is 8.52. The highest BCUT2D eigenvalue weighted by Crippen LogP contribution is 2.21. The average molecular weight is 272 g/mol. The minimum atomic E-state index is -0.422. The number of aryl methyl sites for hydroxylation is 1. The number of Topliss-reactive ketones (excluding diaryl/α,β-unsaturated/α-hetero) is 1. The number of rotatable bonds is 6. The summed E-state index contributed by atoms with van der Waals surface area (Å²) in [6.45, 7) is 5.59. The van der Waals surface area contributed by atoms with E-state index < -0.39 is 5.97 Å². The first kappa shape index (κ1) is 14.8. The number of ether oxygens (including phenoxy) is 1. The molecule has 4 nitrogen and oxygen atoms in total. The van der Waals surface area contributed by atoms with Crippen LogP contribution in [0.4, 0.5) is 0 Å². The zero-order chi connectivity index (χ0) is 13.7. The number of hydrogen-bond donors (Lipinski definition) is 1. The van der Waals surface area contributed by atoms with Gasteiger partial charge in [-0.3, -0.25) is 4.79 Å². The van der Waals surface area contributed by atoms with E-state index in [1.54, 1.807) is 20.8 Å². The molecule has 0 unspecified atom stereocenters. The van der Waals surface area contributed by atoms with Crippen molar-refractivity contribution in [1.29, 1.82) is 0 Å². The third kappa shape index (κ3) is 3.13. The number of ketones is 1. The van der Waals surface area contributed by atoms with Crippen molar-refractivity contribution in [2.45, 2.75) is 33.6 Å². The second-order valence-electron chi connectivity index (χ2n) is 4.06. The fraction of sp³-hybridized carbons (Fsp3) is 0.538. The van der Waals surface area contributed by atoms with Gasteiger partial charge in [0.05, 0.1) is 6.61 Å². The lowest BCUT2D eigenvalue weighted by Gasteiger charge is -2.02. The molecule has 100 valence electrons. The van der Waals surface area contributed by atoms with Crippen LogP contribution in [0.3, 0.4) is 0 Å². The maximum Gasteiger partial charge on any atom is 0.355 e. The third-order valence-electron chi connectivity index (χ3n) is 2.73. The van der Waals surface area contributed by atoms with E-state index in [0.717, 1.165) is 0 Å². The van der Waals surface area contributed by atoms with Crippen molar-refractivity contribution in [1.82, 2.24) is 4.98 Å². The highest BCUT2D eigenvalue weighted by Gasteiger charge is 2.22. The number of alkyl halides is 1. The van der Waals surface area contributed by atoms with Gasteiger partial charge < -0.3 is 9.72 Å². The van der Waals surface area contributed by atoms with Gasteiger partial charge in [0.1, 0.15) is 5.69 Å². The van der Waals surface area contributed by atoms with Crippen LogP contribution in [0.15, 0.2) is 0 Å². The maximum absolute atomic E-state index is 12.0. The van der Waals surface area contributed by atoms with Crippen LogP contribution in [0, 0.1) is 13.8 Å². The summed E-state index contributed by atoms with van der Waals surface area (Å²) in [6, 6.07) is 0. The summed E-state index contributed by atoms with van der Waals surface area (Å²) in [4.78, 5) is 26.6. The van der Waals surface area contributed by atoms with Crippen molar-refractivity contribution in [3.8, 4) is 0 Å². The molecule has 5 heteroatoms. The summed E-state index contributed by atoms with van der Waals surface area (Å²) < 4.78 is 4.94. The van der Waals surface area contributed by atoms with Crippen LogP contribution in [0.25, 0.3) is 0 Å². The van der Waals surface area contributed by atoms with Gasteiger partial charge in [0.2, 0.25) is 0 Å². The predicted molar refractivity (Wildman–Crippen MR) is 70.5 cm³/mol. The van der Waals surface area contributed by atoms with Gasteiger partial charge in [-0.2, -0.15) is 0 Å². The van der Waals surface area contributed by atoms with Crippen LogP contribution in [0.2, 0.25) is 0 Å². The molecule has 1 aromatic heterocycles. The van der Waals surface area contributed by atoms with Gasteiger partial charge in [0, 0.05) is 23.6 Å². The van der Waals surface area contributed by atoms with Crippen LogP contribution in [0.1, 0.15) is 51.9 Å². The van der Waals surface area contributed by atoms with Crippen molar-refractivity contribution < 1.29 is 14.3 Å². The van der Waals surface area contributed by atoms with E-state index in [4.69, 9.17) is 16.3 Å². The molecule has 0 saturated carbocycles. The summed E-state index contributed by atoms with van der Waals surface area (Å²) in [5, 5.41) is 0. The lowest BCUT2D eigenvalue weighted by Crippen LogP contribution is -2.07. The zero-order valence-corrected chi connectivity index (χ0v) is 11.7. The van der Waals surface area contributed by atoms with Crippen LogP contribution < -0.4 is 0 Å². The van der Waals surface area contributed by atoms with Gasteiger partial charge in [0.25, 0.3) is 0 Å². The molecular weight excluding hydrogens is 254 g/mol. The van der Waals surface area contributed by atoms with Crippen molar-refractivity contribution in [2.75, 3.05) is 12.5 Å². The Morgan fingerprint density at radius 1 is 1.33 bits per heavy atom. The number of carbonyl (C=O) groups excluding carboxylic acids is 2. The highest BCUT2D eigenvalue weighted by molar-refractivity contribution is 6.18. The molecule has 0 bridgehead atoms. The lowest BCUT2D eigenvalue weighted by molar-refractivity contribution is 0.0519. The van der Waals surface area contributed by atoms with E-state index in [0.29, 0.717) is 47.8 Å². The Kier molecular flexibility index (Phi) is 5.41. The van der Waals surface area contributed by atoms with Crippen LogP contribution in [0.5, 0.6) is 0 Å². The second kappa shape index (κ2) is 6.59. The SMILES string of the molecule is CCOC(=O)c1[nH]c(C)c(C(=O)CCCCl)c1C. The number of halogens is 1. The molecule has 0 atom stereocenters. The minimum Gasteiger partial charge on any atom is -0.461 e. The summed E-state index contributed by atoms with van der Waals surface area (Å²) in [6.07, 6.45) is 1.03. The number of H-pyrrole nitrogens is 1. The van der Waals surface area contributed by atoms with Crippen molar-refractivity contribution in [2.24, 2.45) is 0 Å². The number of carbonyl (C=O) groups is 2. The number of aromatic nitrogens is 1. The fourth-order valence-corrected chi connectivity index (χ4v) is 2.06. The largest absolute Gasteiger partial charge is 0.461 e. The highest BCUT2D eigenvalue weighted by atomic mass is 35.5. The van der Waals surface area contributed by atoms with Gasteiger partial charge in [-0.15, -0.1) is 11.6 Å². The van der Waals surface area contributed by atoms with E-state index in [1.807, 2.05) is 0 Å². The molecule has 1 heterocycles. The Bertz CT molecular complexity index is 451. The van der Waals surface area contributed by atoms with Gasteiger partial charge in [0.15, 0.2) is 5.78 Å². The molecular formula is C13H18ClNO3. The lowest BCUT2D eigenvalue weighted by atomic mass is 10.0. The predicted octanol–water partition coefficient (Wildman–Crippen LogP) is 3.01. The van der Waals surface area contributed by atoms with Crippen LogP contribution in [-0.2, 0) is 4.74 Å². The molecule has 18 heavy (non-hydrogen) atoms. The number of hydrogen-bond acceptors (Lipinski definition) is 3. The molecule has 1 aromatic rings. The smallest absolute Gasteiger partial charge is 0.355 e. The molecule has 0 aliphatic carbocycles. The molecule has 1 rings (SSSR count). The number of esters is 1. The topological polar surface area (TPSA) is 59.2 Å². The van der Waals surface area contributed by atoms with E-state index >= 15 is 0 Å². The molecule has 0 aliphatic heterocycles. The van der Waals surface area contributed by atoms with Crippen LogP contribution >= 0.6 is 11.6 Å². The Balaban J connectivity index is 3.00. The van der Waals surface area contributed by atoms with Gasteiger partial charge >= 0.3 is 5.97 Å². The Hall–Kier alpha value is -1.29. The van der Waals surface area contributed by atoms with Crippen LogP contribution in [-0.4, -0.2) is 29.2 Å². The number of nitrogens with one attached hydrogen (secondary N) is 1. The average Bonchev–Trinajstić information content (AvgIpc) is 2.62. The Morgan fingerprint density at radius 2 is 2.00 bits per heavy atom. The fourth-order valence-electron chi connectivity index (χ4n) is 1.93. The first-order valence-corrected chi connectivity index (χ1v) is 6.51. The monoisotopic (exact) mass is 271 g/mol. The molecule has 1 N–H and O–H groups in total. The third-order valence-corrected chi connectivity index (χ3v) is 3.00. The van der Waals surface area contributed by atoms with E-state index in [1.165, 1.54) is 0 Å².